The SMILES string of the molecule is COc1cc(C(F)(F)F)c(-c2nc(-c3ccc(Cl)cc3)cs2)cn1. The summed E-state index contributed by atoms with van der Waals surface area (Å²) < 4.78 is 44.7. The first-order valence-corrected chi connectivity index (χ1v) is 7.97. The van der Waals surface area contributed by atoms with Crippen molar-refractivity contribution in [1.29, 1.82) is 0 Å². The van der Waals surface area contributed by atoms with Crippen molar-refractivity contribution in [3.05, 3.63) is 52.5 Å². The Bertz CT molecular complexity index is 863. The van der Waals surface area contributed by atoms with Gasteiger partial charge in [-0.05, 0) is 12.1 Å². The molecule has 0 radical (unpaired) electrons. The number of methoxy groups -OCH3 is 1. The zero-order valence-electron chi connectivity index (χ0n) is 12.3. The molecule has 3 aromatic rings. The number of rotatable bonds is 3. The lowest BCUT2D eigenvalue weighted by Crippen LogP contribution is -2.08. The van der Waals surface area contributed by atoms with Crippen LogP contribution in [0.5, 0.6) is 5.88 Å². The second-order valence-corrected chi connectivity index (χ2v) is 6.11. The van der Waals surface area contributed by atoms with Crippen LogP contribution in [0.1, 0.15) is 5.56 Å². The summed E-state index contributed by atoms with van der Waals surface area (Å²) in [4.78, 5) is 8.17. The largest absolute Gasteiger partial charge is 0.481 e. The minimum Gasteiger partial charge on any atom is -0.481 e. The Morgan fingerprint density at radius 1 is 1.17 bits per heavy atom. The molecule has 0 atom stereocenters. The maximum absolute atomic E-state index is 13.3. The lowest BCUT2D eigenvalue weighted by Gasteiger charge is -2.11. The number of nitrogens with zero attached hydrogens (tertiary/aromatic N) is 2. The molecular formula is C16H10ClF3N2OS. The van der Waals surface area contributed by atoms with Crippen LogP contribution in [0.25, 0.3) is 21.8 Å². The molecule has 8 heteroatoms. The number of hydrogen-bond donors (Lipinski definition) is 0. The topological polar surface area (TPSA) is 35.0 Å². The summed E-state index contributed by atoms with van der Waals surface area (Å²) in [5, 5.41) is 2.51. The van der Waals surface area contributed by atoms with E-state index in [1.165, 1.54) is 7.11 Å². The summed E-state index contributed by atoms with van der Waals surface area (Å²) >= 11 is 6.96. The number of alkyl halides is 3. The highest BCUT2D eigenvalue weighted by molar-refractivity contribution is 7.13. The van der Waals surface area contributed by atoms with Gasteiger partial charge >= 0.3 is 6.18 Å². The van der Waals surface area contributed by atoms with Gasteiger partial charge in [0, 0.05) is 33.8 Å². The molecule has 3 rings (SSSR count). The third-order valence-corrected chi connectivity index (χ3v) is 4.40. The van der Waals surface area contributed by atoms with Crippen molar-refractivity contribution in [1.82, 2.24) is 9.97 Å². The molecule has 0 saturated heterocycles. The van der Waals surface area contributed by atoms with E-state index >= 15 is 0 Å². The Morgan fingerprint density at radius 3 is 2.50 bits per heavy atom. The first-order chi connectivity index (χ1) is 11.4. The molecule has 0 aliphatic heterocycles. The van der Waals surface area contributed by atoms with Gasteiger partial charge in [-0.1, -0.05) is 23.7 Å². The van der Waals surface area contributed by atoms with E-state index in [-0.39, 0.29) is 16.5 Å². The molecule has 2 heterocycles. The summed E-state index contributed by atoms with van der Waals surface area (Å²) in [6.07, 6.45) is -3.40. The normalized spacial score (nSPS) is 11.5. The molecular weight excluding hydrogens is 361 g/mol. The number of benzene rings is 1. The van der Waals surface area contributed by atoms with Crippen molar-refractivity contribution in [2.45, 2.75) is 6.18 Å². The molecule has 0 bridgehead atoms. The molecule has 3 nitrogen and oxygen atoms in total. The van der Waals surface area contributed by atoms with Crippen LogP contribution in [-0.4, -0.2) is 17.1 Å². The number of aromatic nitrogens is 2. The zero-order chi connectivity index (χ0) is 17.3. The van der Waals surface area contributed by atoms with Gasteiger partial charge in [-0.25, -0.2) is 9.97 Å². The molecule has 0 aliphatic rings. The Morgan fingerprint density at radius 2 is 1.88 bits per heavy atom. The lowest BCUT2D eigenvalue weighted by molar-refractivity contribution is -0.137. The average molecular weight is 371 g/mol. The van der Waals surface area contributed by atoms with Crippen LogP contribution in [0.3, 0.4) is 0 Å². The summed E-state index contributed by atoms with van der Waals surface area (Å²) in [6, 6.07) is 7.80. The molecule has 0 amide bonds. The lowest BCUT2D eigenvalue weighted by atomic mass is 10.1. The van der Waals surface area contributed by atoms with Gasteiger partial charge in [-0.2, -0.15) is 13.2 Å². The van der Waals surface area contributed by atoms with Crippen LogP contribution in [0.15, 0.2) is 41.9 Å². The molecule has 24 heavy (non-hydrogen) atoms. The summed E-state index contributed by atoms with van der Waals surface area (Å²) in [5.74, 6) is -0.0967. The van der Waals surface area contributed by atoms with Crippen molar-refractivity contribution < 1.29 is 17.9 Å². The Labute approximate surface area is 144 Å². The maximum atomic E-state index is 13.3. The predicted octanol–water partition coefficient (Wildman–Crippen LogP) is 5.55. The van der Waals surface area contributed by atoms with Crippen LogP contribution < -0.4 is 4.74 Å². The van der Waals surface area contributed by atoms with Gasteiger partial charge in [-0.15, -0.1) is 11.3 Å². The Kier molecular flexibility index (Phi) is 4.47. The van der Waals surface area contributed by atoms with Gasteiger partial charge in [0.2, 0.25) is 5.88 Å². The van der Waals surface area contributed by atoms with Gasteiger partial charge in [0.1, 0.15) is 5.01 Å². The summed E-state index contributed by atoms with van der Waals surface area (Å²) in [5.41, 5.74) is 0.451. The number of pyridine rings is 1. The molecule has 124 valence electrons. The van der Waals surface area contributed by atoms with Crippen LogP contribution in [0.4, 0.5) is 13.2 Å². The predicted molar refractivity (Wildman–Crippen MR) is 87.3 cm³/mol. The Hall–Kier alpha value is -2.12. The highest BCUT2D eigenvalue weighted by atomic mass is 35.5. The van der Waals surface area contributed by atoms with E-state index in [4.69, 9.17) is 16.3 Å². The summed E-state index contributed by atoms with van der Waals surface area (Å²) in [6.45, 7) is 0. The summed E-state index contributed by atoms with van der Waals surface area (Å²) in [7, 11) is 1.27. The minimum atomic E-state index is -4.53. The van der Waals surface area contributed by atoms with E-state index < -0.39 is 11.7 Å². The fourth-order valence-corrected chi connectivity index (χ4v) is 3.08. The number of thiazole rings is 1. The second kappa shape index (κ2) is 6.41. The van der Waals surface area contributed by atoms with Crippen molar-refractivity contribution in [3.8, 4) is 27.7 Å². The molecule has 0 spiro atoms. The van der Waals surface area contributed by atoms with E-state index in [1.807, 2.05) is 0 Å². The van der Waals surface area contributed by atoms with Gasteiger partial charge in [-0.3, -0.25) is 0 Å². The highest BCUT2D eigenvalue weighted by Crippen LogP contribution is 2.40. The van der Waals surface area contributed by atoms with Crippen LogP contribution in [0, 0.1) is 0 Å². The third-order valence-electron chi connectivity index (χ3n) is 3.27. The third kappa shape index (κ3) is 3.37. The quantitative estimate of drug-likeness (QED) is 0.606. The van der Waals surface area contributed by atoms with Crippen molar-refractivity contribution in [2.24, 2.45) is 0 Å². The molecule has 0 saturated carbocycles. The fourth-order valence-electron chi connectivity index (χ4n) is 2.10. The molecule has 1 aromatic carbocycles. The average Bonchev–Trinajstić information content (AvgIpc) is 3.04. The van der Waals surface area contributed by atoms with Gasteiger partial charge in [0.05, 0.1) is 18.4 Å². The van der Waals surface area contributed by atoms with Crippen molar-refractivity contribution in [3.63, 3.8) is 0 Å². The highest BCUT2D eigenvalue weighted by Gasteiger charge is 2.35. The fraction of sp³-hybridized carbons (Fsp3) is 0.125. The molecule has 0 aliphatic carbocycles. The smallest absolute Gasteiger partial charge is 0.417 e. The Balaban J connectivity index is 2.05. The van der Waals surface area contributed by atoms with Crippen LogP contribution >= 0.6 is 22.9 Å². The molecule has 0 unspecified atom stereocenters. The molecule has 2 aromatic heterocycles. The van der Waals surface area contributed by atoms with Crippen LogP contribution in [0.2, 0.25) is 5.02 Å². The standard InChI is InChI=1S/C16H10ClF3N2OS/c1-23-14-6-12(16(18,19)20)11(7-21-14)15-22-13(8-24-15)9-2-4-10(17)5-3-9/h2-8H,1H3. The first-order valence-electron chi connectivity index (χ1n) is 6.71. The van der Waals surface area contributed by atoms with E-state index in [9.17, 15) is 13.2 Å². The maximum Gasteiger partial charge on any atom is 0.417 e. The van der Waals surface area contributed by atoms with Gasteiger partial charge < -0.3 is 4.74 Å². The molecule has 0 fully saturated rings. The van der Waals surface area contributed by atoms with E-state index in [0.29, 0.717) is 10.7 Å². The van der Waals surface area contributed by atoms with Gasteiger partial charge in [0.15, 0.2) is 0 Å². The number of hydrogen-bond acceptors (Lipinski definition) is 4. The minimum absolute atomic E-state index is 0.0755. The van der Waals surface area contributed by atoms with Crippen LogP contribution in [-0.2, 0) is 6.18 Å². The van der Waals surface area contributed by atoms with E-state index in [2.05, 4.69) is 9.97 Å². The monoisotopic (exact) mass is 370 g/mol. The molecule has 0 N–H and O–H groups in total. The number of halogens is 4. The first kappa shape index (κ1) is 16.7. The van der Waals surface area contributed by atoms with Crippen molar-refractivity contribution >= 4 is 22.9 Å². The second-order valence-electron chi connectivity index (χ2n) is 4.81. The van der Waals surface area contributed by atoms with Gasteiger partial charge in [0.25, 0.3) is 0 Å². The van der Waals surface area contributed by atoms with E-state index in [1.54, 1.807) is 29.6 Å². The number of ether oxygens (including phenoxy) is 1. The van der Waals surface area contributed by atoms with Crippen molar-refractivity contribution in [2.75, 3.05) is 7.11 Å². The zero-order valence-corrected chi connectivity index (χ0v) is 13.8. The van der Waals surface area contributed by atoms with E-state index in [0.717, 1.165) is 29.2 Å².